The van der Waals surface area contributed by atoms with Crippen LogP contribution in [0.15, 0.2) is 24.3 Å². The van der Waals surface area contributed by atoms with Crippen molar-refractivity contribution >= 4 is 11.9 Å². The van der Waals surface area contributed by atoms with Crippen LogP contribution in [0.3, 0.4) is 0 Å². The molecule has 1 fully saturated rings. The Hall–Kier alpha value is -2.04. The largest absolute Gasteiger partial charge is 0.491 e. The zero-order chi connectivity index (χ0) is 15.6. The first-order chi connectivity index (χ1) is 9.88. The summed E-state index contributed by atoms with van der Waals surface area (Å²) < 4.78 is 5.70. The molecular weight excluding hydrogens is 266 g/mol. The minimum absolute atomic E-state index is 0.0924. The van der Waals surface area contributed by atoms with Gasteiger partial charge in [0.25, 0.3) is 0 Å². The molecule has 114 valence electrons. The Balaban J connectivity index is 2.29. The Kier molecular flexibility index (Phi) is 4.50. The normalized spacial score (nSPS) is 18.6. The van der Waals surface area contributed by atoms with E-state index < -0.39 is 0 Å². The Morgan fingerprint density at radius 2 is 2.05 bits per heavy atom. The molecule has 1 aliphatic rings. The van der Waals surface area contributed by atoms with Crippen molar-refractivity contribution in [1.29, 1.82) is 5.41 Å². The molecule has 0 bridgehead atoms. The van der Waals surface area contributed by atoms with Crippen LogP contribution < -0.4 is 10.1 Å². The van der Waals surface area contributed by atoms with E-state index in [4.69, 9.17) is 10.1 Å². The summed E-state index contributed by atoms with van der Waals surface area (Å²) in [5.41, 5.74) is 0.900. The van der Waals surface area contributed by atoms with Gasteiger partial charge >= 0.3 is 6.03 Å². The van der Waals surface area contributed by atoms with Gasteiger partial charge in [0.15, 0.2) is 0 Å². The van der Waals surface area contributed by atoms with E-state index in [1.165, 1.54) is 0 Å². The lowest BCUT2D eigenvalue weighted by molar-refractivity contribution is 0.198. The molecule has 1 heterocycles. The van der Waals surface area contributed by atoms with Crippen LogP contribution in [0, 0.1) is 11.3 Å². The van der Waals surface area contributed by atoms with Crippen molar-refractivity contribution < 1.29 is 9.53 Å². The third-order valence-electron chi connectivity index (χ3n) is 3.20. The number of hydrogen-bond donors (Lipinski definition) is 2. The molecule has 0 radical (unpaired) electrons. The molecule has 1 unspecified atom stereocenters. The van der Waals surface area contributed by atoms with Crippen molar-refractivity contribution in [1.82, 2.24) is 10.2 Å². The predicted molar refractivity (Wildman–Crippen MR) is 82.7 cm³/mol. The fraction of sp³-hybridized carbons (Fsp3) is 0.500. The zero-order valence-corrected chi connectivity index (χ0v) is 13.0. The van der Waals surface area contributed by atoms with Crippen molar-refractivity contribution in [2.75, 3.05) is 6.54 Å². The van der Waals surface area contributed by atoms with E-state index >= 15 is 0 Å². The molecule has 1 aromatic rings. The van der Waals surface area contributed by atoms with Crippen molar-refractivity contribution in [3.63, 3.8) is 0 Å². The van der Waals surface area contributed by atoms with E-state index in [-0.39, 0.29) is 24.0 Å². The van der Waals surface area contributed by atoms with Crippen LogP contribution in [-0.2, 0) is 0 Å². The summed E-state index contributed by atoms with van der Waals surface area (Å²) in [4.78, 5) is 13.7. The zero-order valence-electron chi connectivity index (χ0n) is 13.0. The van der Waals surface area contributed by atoms with Crippen molar-refractivity contribution in [2.24, 2.45) is 5.92 Å². The molecule has 1 atom stereocenters. The van der Waals surface area contributed by atoms with Gasteiger partial charge in [0, 0.05) is 6.54 Å². The second kappa shape index (κ2) is 6.16. The number of nitrogens with one attached hydrogen (secondary N) is 2. The molecule has 2 N–H and O–H groups in total. The van der Waals surface area contributed by atoms with Gasteiger partial charge in [-0.05, 0) is 37.5 Å². The van der Waals surface area contributed by atoms with Gasteiger partial charge in [-0.2, -0.15) is 0 Å². The summed E-state index contributed by atoms with van der Waals surface area (Å²) >= 11 is 0. The van der Waals surface area contributed by atoms with Crippen LogP contribution in [-0.4, -0.2) is 29.4 Å². The minimum atomic E-state index is -0.351. The number of benzene rings is 1. The number of carbonyl (C=O) groups is 1. The van der Waals surface area contributed by atoms with E-state index in [2.05, 4.69) is 19.2 Å². The summed E-state index contributed by atoms with van der Waals surface area (Å²) in [5, 5.41) is 10.7. The maximum Gasteiger partial charge on any atom is 0.323 e. The van der Waals surface area contributed by atoms with Crippen molar-refractivity contribution in [3.05, 3.63) is 29.8 Å². The van der Waals surface area contributed by atoms with E-state index in [9.17, 15) is 4.79 Å². The second-order valence-corrected chi connectivity index (χ2v) is 6.03. The van der Waals surface area contributed by atoms with Gasteiger partial charge in [-0.3, -0.25) is 10.7 Å². The molecular formula is C16H23N3O2. The van der Waals surface area contributed by atoms with Gasteiger partial charge in [-0.15, -0.1) is 0 Å². The summed E-state index contributed by atoms with van der Waals surface area (Å²) in [7, 11) is 0. The van der Waals surface area contributed by atoms with Crippen LogP contribution in [0.2, 0.25) is 0 Å². The molecule has 0 aliphatic carbocycles. The highest BCUT2D eigenvalue weighted by Crippen LogP contribution is 2.29. The fourth-order valence-corrected chi connectivity index (χ4v) is 2.49. The standard InChI is InChI=1S/C16H23N3O2/c1-10(2)9-19-14(15(17)18-16(19)20)12-6-5-7-13(8-12)21-11(3)4/h5-8,10-11,14H,9H2,1-4H3,(H2,17,18,20). The number of ether oxygens (including phenoxy) is 1. The maximum absolute atomic E-state index is 12.0. The van der Waals surface area contributed by atoms with Crippen LogP contribution in [0.1, 0.15) is 39.3 Å². The lowest BCUT2D eigenvalue weighted by Gasteiger charge is -2.25. The average molecular weight is 289 g/mol. The molecule has 5 heteroatoms. The second-order valence-electron chi connectivity index (χ2n) is 6.03. The summed E-state index contributed by atoms with van der Waals surface area (Å²) in [6, 6.07) is 7.08. The molecule has 2 amide bonds. The van der Waals surface area contributed by atoms with Crippen LogP contribution in [0.4, 0.5) is 4.79 Å². The predicted octanol–water partition coefficient (Wildman–Crippen LogP) is 3.17. The third-order valence-corrected chi connectivity index (χ3v) is 3.20. The third kappa shape index (κ3) is 3.54. The average Bonchev–Trinajstić information content (AvgIpc) is 2.63. The fourth-order valence-electron chi connectivity index (χ4n) is 2.49. The molecule has 21 heavy (non-hydrogen) atoms. The van der Waals surface area contributed by atoms with Crippen LogP contribution >= 0.6 is 0 Å². The number of amides is 2. The minimum Gasteiger partial charge on any atom is -0.491 e. The van der Waals surface area contributed by atoms with Gasteiger partial charge in [-0.1, -0.05) is 26.0 Å². The first-order valence-corrected chi connectivity index (χ1v) is 7.31. The van der Waals surface area contributed by atoms with E-state index in [0.717, 1.165) is 11.3 Å². The summed E-state index contributed by atoms with van der Waals surface area (Å²) in [6.07, 6.45) is 0.0924. The molecule has 1 saturated heterocycles. The van der Waals surface area contributed by atoms with Gasteiger partial charge < -0.3 is 9.64 Å². The first kappa shape index (κ1) is 15.4. The molecule has 0 spiro atoms. The van der Waals surface area contributed by atoms with Crippen LogP contribution in [0.5, 0.6) is 5.75 Å². The molecule has 0 saturated carbocycles. The summed E-state index contributed by atoms with van der Waals surface area (Å²) in [5.74, 6) is 1.33. The Bertz CT molecular complexity index is 540. The monoisotopic (exact) mass is 289 g/mol. The SMILES string of the molecule is CC(C)CN1C(=O)NC(=N)C1c1cccc(OC(C)C)c1. The first-order valence-electron chi connectivity index (χ1n) is 7.31. The topological polar surface area (TPSA) is 65.4 Å². The lowest BCUT2D eigenvalue weighted by Crippen LogP contribution is -2.33. The highest BCUT2D eigenvalue weighted by molar-refractivity contribution is 6.06. The van der Waals surface area contributed by atoms with Gasteiger partial charge in [0.1, 0.15) is 17.6 Å². The highest BCUT2D eigenvalue weighted by atomic mass is 16.5. The molecule has 0 aromatic heterocycles. The van der Waals surface area contributed by atoms with Gasteiger partial charge in [0.2, 0.25) is 0 Å². The highest BCUT2D eigenvalue weighted by Gasteiger charge is 2.37. The number of urea groups is 1. The number of rotatable bonds is 5. The van der Waals surface area contributed by atoms with Gasteiger partial charge in [-0.25, -0.2) is 4.79 Å². The molecule has 2 rings (SSSR count). The van der Waals surface area contributed by atoms with Crippen molar-refractivity contribution in [3.8, 4) is 5.75 Å². The van der Waals surface area contributed by atoms with Crippen LogP contribution in [0.25, 0.3) is 0 Å². The van der Waals surface area contributed by atoms with Crippen molar-refractivity contribution in [2.45, 2.75) is 39.8 Å². The Morgan fingerprint density at radius 1 is 1.33 bits per heavy atom. The number of amidine groups is 1. The Morgan fingerprint density at radius 3 is 2.67 bits per heavy atom. The van der Waals surface area contributed by atoms with Gasteiger partial charge in [0.05, 0.1) is 6.10 Å². The van der Waals surface area contributed by atoms with E-state index in [0.29, 0.717) is 12.5 Å². The smallest absolute Gasteiger partial charge is 0.323 e. The maximum atomic E-state index is 12.0. The Labute approximate surface area is 125 Å². The molecule has 1 aromatic carbocycles. The summed E-state index contributed by atoms with van der Waals surface area (Å²) in [6.45, 7) is 8.68. The number of nitrogens with zero attached hydrogens (tertiary/aromatic N) is 1. The quantitative estimate of drug-likeness (QED) is 0.874. The van der Waals surface area contributed by atoms with E-state index in [1.807, 2.05) is 38.1 Å². The molecule has 5 nitrogen and oxygen atoms in total. The number of carbonyl (C=O) groups excluding carboxylic acids is 1. The number of hydrogen-bond acceptors (Lipinski definition) is 3. The lowest BCUT2D eigenvalue weighted by atomic mass is 10.0. The molecule has 1 aliphatic heterocycles. The van der Waals surface area contributed by atoms with E-state index in [1.54, 1.807) is 4.90 Å².